The van der Waals surface area contributed by atoms with E-state index in [1.54, 1.807) is 24.8 Å². The molecule has 4 rings (SSSR count). The topological polar surface area (TPSA) is 47.0 Å². The molecule has 0 atom stereocenters. The van der Waals surface area contributed by atoms with Crippen molar-refractivity contribution in [3.8, 4) is 16.9 Å². The second kappa shape index (κ2) is 6.82. The Balaban J connectivity index is 1.84. The van der Waals surface area contributed by atoms with Crippen LogP contribution in [0.4, 0.5) is 11.5 Å². The van der Waals surface area contributed by atoms with Crippen molar-refractivity contribution in [2.24, 2.45) is 0 Å². The van der Waals surface area contributed by atoms with Crippen molar-refractivity contribution in [2.45, 2.75) is 0 Å². The van der Waals surface area contributed by atoms with Gasteiger partial charge in [-0.2, -0.15) is 0 Å². The lowest BCUT2D eigenvalue weighted by Crippen LogP contribution is -1.97. The summed E-state index contributed by atoms with van der Waals surface area (Å²) in [7, 11) is 1.66. The summed E-state index contributed by atoms with van der Waals surface area (Å²) in [5.41, 5.74) is 3.12. The fourth-order valence-electron chi connectivity index (χ4n) is 2.69. The van der Waals surface area contributed by atoms with Crippen molar-refractivity contribution in [2.75, 3.05) is 12.4 Å². The van der Waals surface area contributed by atoms with Crippen molar-refractivity contribution in [1.82, 2.24) is 9.97 Å². The standard InChI is InChI=1S/C19H14BrN3OS/c1-24-16-5-3-2-4-15(16)23-18-17-14(10-25-19(17)22-11-21-18)12-6-8-13(20)9-7-12/h2-11H,1H3,(H,21,22,23). The van der Waals surface area contributed by atoms with E-state index in [1.165, 1.54) is 0 Å². The molecule has 2 aromatic heterocycles. The number of hydrogen-bond donors (Lipinski definition) is 1. The minimum Gasteiger partial charge on any atom is -0.495 e. The second-order valence-electron chi connectivity index (χ2n) is 5.38. The molecule has 4 nitrogen and oxygen atoms in total. The number of aromatic nitrogens is 2. The van der Waals surface area contributed by atoms with Crippen LogP contribution in [0.2, 0.25) is 0 Å². The second-order valence-corrected chi connectivity index (χ2v) is 7.16. The van der Waals surface area contributed by atoms with E-state index in [0.717, 1.165) is 43.1 Å². The van der Waals surface area contributed by atoms with Gasteiger partial charge < -0.3 is 10.1 Å². The summed E-state index contributed by atoms with van der Waals surface area (Å²) in [6.07, 6.45) is 1.59. The summed E-state index contributed by atoms with van der Waals surface area (Å²) >= 11 is 5.10. The van der Waals surface area contributed by atoms with Gasteiger partial charge in [-0.25, -0.2) is 9.97 Å². The van der Waals surface area contributed by atoms with Gasteiger partial charge in [-0.3, -0.25) is 0 Å². The summed E-state index contributed by atoms with van der Waals surface area (Å²) in [5.74, 6) is 1.54. The number of thiophene rings is 1. The normalized spacial score (nSPS) is 10.8. The van der Waals surface area contributed by atoms with Crippen molar-refractivity contribution in [3.63, 3.8) is 0 Å². The van der Waals surface area contributed by atoms with Gasteiger partial charge in [0.2, 0.25) is 0 Å². The number of rotatable bonds is 4. The Morgan fingerprint density at radius 2 is 1.84 bits per heavy atom. The van der Waals surface area contributed by atoms with E-state index in [-0.39, 0.29) is 0 Å². The highest BCUT2D eigenvalue weighted by molar-refractivity contribution is 9.10. The highest BCUT2D eigenvalue weighted by Crippen LogP contribution is 2.38. The maximum Gasteiger partial charge on any atom is 0.143 e. The Morgan fingerprint density at radius 3 is 2.64 bits per heavy atom. The molecule has 1 N–H and O–H groups in total. The van der Waals surface area contributed by atoms with Crippen LogP contribution in [0.5, 0.6) is 5.75 Å². The third kappa shape index (κ3) is 3.10. The third-order valence-corrected chi connectivity index (χ3v) is 5.30. The van der Waals surface area contributed by atoms with E-state index in [0.29, 0.717) is 0 Å². The Bertz CT molecular complexity index is 1030. The van der Waals surface area contributed by atoms with Crippen LogP contribution in [-0.2, 0) is 0 Å². The van der Waals surface area contributed by atoms with E-state index in [2.05, 4.69) is 48.7 Å². The molecular weight excluding hydrogens is 398 g/mol. The molecule has 0 bridgehead atoms. The quantitative estimate of drug-likeness (QED) is 0.455. The molecule has 0 aliphatic heterocycles. The Kier molecular flexibility index (Phi) is 4.38. The van der Waals surface area contributed by atoms with Crippen LogP contribution in [0.3, 0.4) is 0 Å². The number of hydrogen-bond acceptors (Lipinski definition) is 5. The number of halogens is 1. The average Bonchev–Trinajstić information content (AvgIpc) is 3.08. The van der Waals surface area contributed by atoms with Crippen molar-refractivity contribution in [1.29, 1.82) is 0 Å². The summed E-state index contributed by atoms with van der Waals surface area (Å²) < 4.78 is 6.49. The van der Waals surface area contributed by atoms with Crippen LogP contribution in [0.15, 0.2) is 64.7 Å². The number of fused-ring (bicyclic) bond motifs is 1. The molecule has 0 saturated carbocycles. The Hall–Kier alpha value is -2.44. The molecule has 0 unspecified atom stereocenters. The first kappa shape index (κ1) is 16.1. The molecule has 0 spiro atoms. The van der Waals surface area contributed by atoms with Crippen molar-refractivity contribution in [3.05, 3.63) is 64.7 Å². The number of benzene rings is 2. The van der Waals surface area contributed by atoms with Crippen LogP contribution in [0, 0.1) is 0 Å². The molecule has 0 saturated heterocycles. The molecule has 25 heavy (non-hydrogen) atoms. The molecule has 0 fully saturated rings. The highest BCUT2D eigenvalue weighted by atomic mass is 79.9. The van der Waals surface area contributed by atoms with Gasteiger partial charge in [-0.15, -0.1) is 11.3 Å². The first-order chi connectivity index (χ1) is 12.3. The van der Waals surface area contributed by atoms with Crippen LogP contribution in [0.25, 0.3) is 21.3 Å². The molecule has 0 aliphatic rings. The van der Waals surface area contributed by atoms with Crippen LogP contribution in [-0.4, -0.2) is 17.1 Å². The van der Waals surface area contributed by atoms with Crippen LogP contribution >= 0.6 is 27.3 Å². The van der Waals surface area contributed by atoms with Gasteiger partial charge in [0.15, 0.2) is 0 Å². The van der Waals surface area contributed by atoms with Crippen LogP contribution < -0.4 is 10.1 Å². The molecule has 6 heteroatoms. The smallest absolute Gasteiger partial charge is 0.143 e. The molecule has 124 valence electrons. The van der Waals surface area contributed by atoms with Gasteiger partial charge in [0.05, 0.1) is 18.2 Å². The zero-order valence-corrected chi connectivity index (χ0v) is 15.8. The number of nitrogens with one attached hydrogen (secondary N) is 1. The van der Waals surface area contributed by atoms with Gasteiger partial charge in [-0.05, 0) is 29.8 Å². The van der Waals surface area contributed by atoms with Crippen molar-refractivity contribution < 1.29 is 4.74 Å². The van der Waals surface area contributed by atoms with E-state index in [4.69, 9.17) is 4.74 Å². The first-order valence-electron chi connectivity index (χ1n) is 7.64. The van der Waals surface area contributed by atoms with Gasteiger partial charge in [-0.1, -0.05) is 40.2 Å². The van der Waals surface area contributed by atoms with E-state index < -0.39 is 0 Å². The van der Waals surface area contributed by atoms with Crippen molar-refractivity contribution >= 4 is 49.0 Å². The third-order valence-electron chi connectivity index (χ3n) is 3.89. The molecule has 0 radical (unpaired) electrons. The summed E-state index contributed by atoms with van der Waals surface area (Å²) in [6.45, 7) is 0. The van der Waals surface area contributed by atoms with Gasteiger partial charge in [0, 0.05) is 15.4 Å². The Labute approximate surface area is 157 Å². The van der Waals surface area contributed by atoms with E-state index in [9.17, 15) is 0 Å². The lowest BCUT2D eigenvalue weighted by atomic mass is 10.1. The molecule has 2 aromatic carbocycles. The SMILES string of the molecule is COc1ccccc1Nc1ncnc2scc(-c3ccc(Br)cc3)c12. The predicted molar refractivity (Wildman–Crippen MR) is 107 cm³/mol. The lowest BCUT2D eigenvalue weighted by Gasteiger charge is -2.11. The van der Waals surface area contributed by atoms with Gasteiger partial charge >= 0.3 is 0 Å². The summed E-state index contributed by atoms with van der Waals surface area (Å²) in [5, 5.41) is 6.53. The Morgan fingerprint density at radius 1 is 1.04 bits per heavy atom. The molecule has 4 aromatic rings. The molecule has 2 heterocycles. The maximum atomic E-state index is 5.43. The zero-order valence-electron chi connectivity index (χ0n) is 13.4. The van der Waals surface area contributed by atoms with E-state index >= 15 is 0 Å². The number of ether oxygens (including phenoxy) is 1. The zero-order chi connectivity index (χ0) is 17.2. The molecule has 0 aliphatic carbocycles. The molecular formula is C19H14BrN3OS. The minimum atomic E-state index is 0.772. The molecule has 0 amide bonds. The summed E-state index contributed by atoms with van der Waals surface area (Å²) in [4.78, 5) is 9.84. The average molecular weight is 412 g/mol. The fourth-order valence-corrected chi connectivity index (χ4v) is 3.87. The maximum absolute atomic E-state index is 5.43. The number of anilines is 2. The lowest BCUT2D eigenvalue weighted by molar-refractivity contribution is 0.417. The predicted octanol–water partition coefficient (Wildman–Crippen LogP) is 5.87. The fraction of sp³-hybridized carbons (Fsp3) is 0.0526. The first-order valence-corrected chi connectivity index (χ1v) is 9.31. The number of para-hydroxylation sites is 2. The monoisotopic (exact) mass is 411 g/mol. The summed E-state index contributed by atoms with van der Waals surface area (Å²) in [6, 6.07) is 16.1. The largest absolute Gasteiger partial charge is 0.495 e. The number of nitrogens with zero attached hydrogens (tertiary/aromatic N) is 2. The van der Waals surface area contributed by atoms with Crippen LogP contribution in [0.1, 0.15) is 0 Å². The number of methoxy groups -OCH3 is 1. The van der Waals surface area contributed by atoms with Gasteiger partial charge in [0.25, 0.3) is 0 Å². The highest BCUT2D eigenvalue weighted by Gasteiger charge is 2.14. The minimum absolute atomic E-state index is 0.772. The van der Waals surface area contributed by atoms with Gasteiger partial charge in [0.1, 0.15) is 22.7 Å². The van der Waals surface area contributed by atoms with E-state index in [1.807, 2.05) is 36.4 Å².